The van der Waals surface area contributed by atoms with Gasteiger partial charge in [-0.05, 0) is 36.8 Å². The van der Waals surface area contributed by atoms with E-state index in [2.05, 4.69) is 20.8 Å². The molecule has 4 aromatic rings. The molecule has 1 aliphatic heterocycles. The fraction of sp³-hybridized carbons (Fsp3) is 0.240. The minimum absolute atomic E-state index is 0.106. The van der Waals surface area contributed by atoms with E-state index >= 15 is 0 Å². The lowest BCUT2D eigenvalue weighted by molar-refractivity contribution is -0.173. The van der Waals surface area contributed by atoms with Gasteiger partial charge in [-0.15, -0.1) is 0 Å². The van der Waals surface area contributed by atoms with Crippen molar-refractivity contribution in [3.63, 3.8) is 0 Å². The Morgan fingerprint density at radius 3 is 2.58 bits per heavy atom. The number of para-hydroxylation sites is 1. The maximum absolute atomic E-state index is 14.0. The second-order valence-electron chi connectivity index (χ2n) is 8.50. The van der Waals surface area contributed by atoms with Crippen LogP contribution in [0, 0.1) is 6.92 Å². The van der Waals surface area contributed by atoms with Crippen LogP contribution in [0.25, 0.3) is 5.69 Å². The number of carbonyl (C=O) groups excluding carboxylic acids is 1. The minimum atomic E-state index is -4.56. The number of fused-ring (bicyclic) bond motifs is 1. The minimum Gasteiger partial charge on any atom is -0.497 e. The van der Waals surface area contributed by atoms with Gasteiger partial charge in [-0.2, -0.15) is 23.4 Å². The molecule has 11 heteroatoms. The maximum Gasteiger partial charge on any atom is 0.410 e. The average Bonchev–Trinajstić information content (AvgIpc) is 3.46. The summed E-state index contributed by atoms with van der Waals surface area (Å²) in [5, 5.41) is 14.3. The highest BCUT2D eigenvalue weighted by atomic mass is 19.4. The molecule has 2 N–H and O–H groups in total. The third kappa shape index (κ3) is 4.51. The molecule has 0 spiro atoms. The van der Waals surface area contributed by atoms with Gasteiger partial charge < -0.3 is 15.4 Å². The summed E-state index contributed by atoms with van der Waals surface area (Å²) in [5.74, 6) is 0.385. The van der Waals surface area contributed by atoms with E-state index < -0.39 is 24.2 Å². The number of nitrogens with zero attached hydrogens (tertiary/aromatic N) is 4. The Kier molecular flexibility index (Phi) is 5.91. The van der Waals surface area contributed by atoms with Crippen LogP contribution >= 0.6 is 0 Å². The molecule has 0 saturated carbocycles. The standard InChI is InChI=1S/C25H23F3N6O2/c1-15-11-22(33(31-15)17-8-4-3-5-9-17)30-24(35)20-14-23-29-19(16-7-6-10-18(12-16)36-2)13-21(25(26,27)28)34(23)32-20/h3-12,14,19,21,29H,13H2,1-2H3,(H,30,35)/t19-,21+/m0/s1. The van der Waals surface area contributed by atoms with Crippen LogP contribution in [0.15, 0.2) is 66.7 Å². The maximum atomic E-state index is 14.0. The largest absolute Gasteiger partial charge is 0.497 e. The lowest BCUT2D eigenvalue weighted by Gasteiger charge is -2.33. The summed E-state index contributed by atoms with van der Waals surface area (Å²) >= 11 is 0. The zero-order chi connectivity index (χ0) is 25.4. The Morgan fingerprint density at radius 2 is 1.86 bits per heavy atom. The molecule has 0 saturated heterocycles. The zero-order valence-electron chi connectivity index (χ0n) is 19.5. The highest BCUT2D eigenvalue weighted by Crippen LogP contribution is 2.44. The van der Waals surface area contributed by atoms with Gasteiger partial charge in [0.15, 0.2) is 11.7 Å². The molecule has 2 aromatic carbocycles. The van der Waals surface area contributed by atoms with E-state index in [9.17, 15) is 18.0 Å². The quantitative estimate of drug-likeness (QED) is 0.392. The first-order chi connectivity index (χ1) is 17.2. The first-order valence-corrected chi connectivity index (χ1v) is 11.2. The first kappa shape index (κ1) is 23.5. The number of ether oxygens (including phenoxy) is 1. The summed E-state index contributed by atoms with van der Waals surface area (Å²) in [5.41, 5.74) is 1.89. The summed E-state index contributed by atoms with van der Waals surface area (Å²) in [7, 11) is 1.50. The molecule has 1 aliphatic rings. The van der Waals surface area contributed by atoms with E-state index in [4.69, 9.17) is 4.74 Å². The summed E-state index contributed by atoms with van der Waals surface area (Å²) in [6, 6.07) is 16.5. The fourth-order valence-corrected chi connectivity index (χ4v) is 4.30. The number of methoxy groups -OCH3 is 1. The average molecular weight is 496 g/mol. The van der Waals surface area contributed by atoms with Gasteiger partial charge in [0.1, 0.15) is 17.4 Å². The van der Waals surface area contributed by atoms with E-state index in [1.54, 1.807) is 41.9 Å². The molecule has 0 fully saturated rings. The van der Waals surface area contributed by atoms with Crippen molar-refractivity contribution in [3.05, 3.63) is 83.7 Å². The summed E-state index contributed by atoms with van der Waals surface area (Å²) in [6.45, 7) is 1.78. The fourth-order valence-electron chi connectivity index (χ4n) is 4.30. The number of aryl methyl sites for hydroxylation is 1. The third-order valence-corrected chi connectivity index (χ3v) is 5.99. The van der Waals surface area contributed by atoms with Crippen LogP contribution in [0.1, 0.15) is 40.3 Å². The number of nitrogens with one attached hydrogen (secondary N) is 2. The Morgan fingerprint density at radius 1 is 1.08 bits per heavy atom. The number of rotatable bonds is 5. The van der Waals surface area contributed by atoms with Gasteiger partial charge in [0.25, 0.3) is 5.91 Å². The van der Waals surface area contributed by atoms with Crippen molar-refractivity contribution in [2.24, 2.45) is 0 Å². The van der Waals surface area contributed by atoms with Gasteiger partial charge in [0, 0.05) is 18.6 Å². The Labute approximate surface area is 204 Å². The van der Waals surface area contributed by atoms with Crippen molar-refractivity contribution in [3.8, 4) is 11.4 Å². The van der Waals surface area contributed by atoms with Crippen LogP contribution in [0.5, 0.6) is 5.75 Å². The van der Waals surface area contributed by atoms with Gasteiger partial charge in [0.05, 0.1) is 24.5 Å². The third-order valence-electron chi connectivity index (χ3n) is 5.99. The predicted molar refractivity (Wildman–Crippen MR) is 128 cm³/mol. The Hall–Kier alpha value is -4.28. The van der Waals surface area contributed by atoms with Crippen LogP contribution in [0.4, 0.5) is 24.8 Å². The monoisotopic (exact) mass is 496 g/mol. The van der Waals surface area contributed by atoms with Crippen molar-refractivity contribution < 1.29 is 22.7 Å². The second-order valence-corrected chi connectivity index (χ2v) is 8.50. The Balaban J connectivity index is 1.45. The number of hydrogen-bond acceptors (Lipinski definition) is 5. The van der Waals surface area contributed by atoms with E-state index in [-0.39, 0.29) is 17.9 Å². The molecule has 8 nitrogen and oxygen atoms in total. The van der Waals surface area contributed by atoms with Gasteiger partial charge >= 0.3 is 6.18 Å². The molecule has 0 radical (unpaired) electrons. The number of aromatic nitrogens is 4. The molecular formula is C25H23F3N6O2. The number of carbonyl (C=O) groups is 1. The Bertz CT molecular complexity index is 1400. The molecule has 0 unspecified atom stereocenters. The van der Waals surface area contributed by atoms with Gasteiger partial charge in [-0.3, -0.25) is 4.79 Å². The van der Waals surface area contributed by atoms with Crippen LogP contribution in [-0.2, 0) is 0 Å². The van der Waals surface area contributed by atoms with Crippen LogP contribution in [-0.4, -0.2) is 38.8 Å². The zero-order valence-corrected chi connectivity index (χ0v) is 19.5. The van der Waals surface area contributed by atoms with Gasteiger partial charge in [0.2, 0.25) is 0 Å². The van der Waals surface area contributed by atoms with Crippen molar-refractivity contribution in [1.29, 1.82) is 0 Å². The number of anilines is 2. The summed E-state index contributed by atoms with van der Waals surface area (Å²) in [6.07, 6.45) is -4.84. The molecular weight excluding hydrogens is 473 g/mol. The van der Waals surface area contributed by atoms with Gasteiger partial charge in [-0.25, -0.2) is 9.36 Å². The van der Waals surface area contributed by atoms with Gasteiger partial charge in [-0.1, -0.05) is 30.3 Å². The first-order valence-electron chi connectivity index (χ1n) is 11.2. The molecule has 0 bridgehead atoms. The molecule has 36 heavy (non-hydrogen) atoms. The predicted octanol–water partition coefficient (Wildman–Crippen LogP) is 5.30. The summed E-state index contributed by atoms with van der Waals surface area (Å²) in [4.78, 5) is 13.1. The second kappa shape index (κ2) is 9.06. The number of halogens is 3. The topological polar surface area (TPSA) is 86.0 Å². The van der Waals surface area contributed by atoms with Crippen LogP contribution in [0.3, 0.4) is 0 Å². The number of hydrogen-bond donors (Lipinski definition) is 2. The van der Waals surface area contributed by atoms with E-state index in [1.165, 1.54) is 13.2 Å². The normalized spacial score (nSPS) is 17.2. The molecule has 5 rings (SSSR count). The number of benzene rings is 2. The number of amides is 1. The number of alkyl halides is 3. The SMILES string of the molecule is COc1cccc([C@@H]2C[C@H](C(F)(F)F)n3nc(C(=O)Nc4cc(C)nn4-c4ccccc4)cc3N2)c1. The molecule has 1 amide bonds. The van der Waals surface area contributed by atoms with Crippen molar-refractivity contribution in [1.82, 2.24) is 19.6 Å². The van der Waals surface area contributed by atoms with Crippen molar-refractivity contribution in [2.75, 3.05) is 17.7 Å². The van der Waals surface area contributed by atoms with Crippen LogP contribution in [0.2, 0.25) is 0 Å². The molecule has 3 heterocycles. The van der Waals surface area contributed by atoms with Crippen LogP contribution < -0.4 is 15.4 Å². The lowest BCUT2D eigenvalue weighted by atomic mass is 9.97. The van der Waals surface area contributed by atoms with E-state index in [0.29, 0.717) is 22.8 Å². The molecule has 2 aromatic heterocycles. The lowest BCUT2D eigenvalue weighted by Crippen LogP contribution is -2.35. The van der Waals surface area contributed by atoms with E-state index in [1.807, 2.05) is 30.3 Å². The molecule has 2 atom stereocenters. The highest BCUT2D eigenvalue weighted by molar-refractivity contribution is 6.03. The van der Waals surface area contributed by atoms with Crippen molar-refractivity contribution >= 4 is 17.5 Å². The van der Waals surface area contributed by atoms with E-state index in [0.717, 1.165) is 10.4 Å². The molecule has 0 aliphatic carbocycles. The van der Waals surface area contributed by atoms with Crippen molar-refractivity contribution in [2.45, 2.75) is 31.6 Å². The highest BCUT2D eigenvalue weighted by Gasteiger charge is 2.47. The summed E-state index contributed by atoms with van der Waals surface area (Å²) < 4.78 is 49.7. The molecule has 186 valence electrons. The smallest absolute Gasteiger partial charge is 0.410 e.